The Balaban J connectivity index is 1.94. The lowest BCUT2D eigenvalue weighted by atomic mass is 9.99. The predicted molar refractivity (Wildman–Crippen MR) is 105 cm³/mol. The van der Waals surface area contributed by atoms with E-state index in [9.17, 15) is 13.2 Å². The lowest BCUT2D eigenvalue weighted by molar-refractivity contribution is -0.134. The largest absolute Gasteiger partial charge is 0.497 e. The molecule has 8 heteroatoms. The minimum absolute atomic E-state index is 0.101. The van der Waals surface area contributed by atoms with Crippen molar-refractivity contribution in [1.29, 1.82) is 0 Å². The van der Waals surface area contributed by atoms with Crippen LogP contribution in [-0.2, 0) is 14.8 Å². The van der Waals surface area contributed by atoms with Crippen molar-refractivity contribution < 1.29 is 17.9 Å². The Bertz CT molecular complexity index is 692. The molecular weight excluding hydrogens is 372 g/mol. The number of benzene rings is 1. The smallest absolute Gasteiger partial charge is 0.236 e. The molecule has 0 saturated carbocycles. The van der Waals surface area contributed by atoms with Crippen LogP contribution in [0.2, 0.25) is 0 Å². The lowest BCUT2D eigenvalue weighted by Gasteiger charge is -2.37. The molecule has 1 N–H and O–H groups in total. The molecular formula is C18H28N2O4S2. The van der Waals surface area contributed by atoms with Crippen LogP contribution in [0.5, 0.6) is 5.75 Å². The van der Waals surface area contributed by atoms with Crippen LogP contribution in [0, 0.1) is 0 Å². The fourth-order valence-corrected chi connectivity index (χ4v) is 4.57. The maximum absolute atomic E-state index is 12.9. The number of sulfonamides is 1. The molecule has 0 unspecified atom stereocenters. The summed E-state index contributed by atoms with van der Waals surface area (Å²) < 4.78 is 30.2. The number of rotatable bonds is 8. The Kier molecular flexibility index (Phi) is 7.79. The van der Waals surface area contributed by atoms with Gasteiger partial charge in [-0.1, -0.05) is 0 Å². The first kappa shape index (κ1) is 21.1. The highest BCUT2D eigenvalue weighted by molar-refractivity contribution is 8.00. The summed E-state index contributed by atoms with van der Waals surface area (Å²) in [5, 5.41) is -0.188. The molecule has 0 aromatic heterocycles. The van der Waals surface area contributed by atoms with E-state index in [0.717, 1.165) is 42.7 Å². The Morgan fingerprint density at radius 2 is 2.04 bits per heavy atom. The van der Waals surface area contributed by atoms with Gasteiger partial charge in [-0.05, 0) is 56.9 Å². The van der Waals surface area contributed by atoms with Crippen molar-refractivity contribution in [3.05, 3.63) is 24.3 Å². The van der Waals surface area contributed by atoms with Crippen LogP contribution in [0.1, 0.15) is 32.6 Å². The quantitative estimate of drug-likeness (QED) is 0.679. The Labute approximate surface area is 160 Å². The van der Waals surface area contributed by atoms with Gasteiger partial charge in [0.15, 0.2) is 0 Å². The van der Waals surface area contributed by atoms with E-state index in [0.29, 0.717) is 13.0 Å². The molecule has 0 aliphatic carbocycles. The van der Waals surface area contributed by atoms with E-state index >= 15 is 0 Å². The summed E-state index contributed by atoms with van der Waals surface area (Å²) in [6.45, 7) is 3.04. The molecule has 1 heterocycles. The standard InChI is InChI=1S/C18H28N2O4S2/c1-14(25-17-9-7-16(24-2)8-10-17)18(21)20-13-5-4-6-15(20)11-12-19-26(3,22)23/h7-10,14-15,19H,4-6,11-13H2,1-3H3/t14-,15-/m0/s1. The Hall–Kier alpha value is -1.25. The third-order valence-corrected chi connectivity index (χ3v) is 6.30. The molecule has 0 spiro atoms. The van der Waals surface area contributed by atoms with Crippen molar-refractivity contribution in [2.75, 3.05) is 26.5 Å². The minimum Gasteiger partial charge on any atom is -0.497 e. The molecule has 26 heavy (non-hydrogen) atoms. The van der Waals surface area contributed by atoms with Gasteiger partial charge in [-0.3, -0.25) is 4.79 Å². The van der Waals surface area contributed by atoms with E-state index in [-0.39, 0.29) is 17.2 Å². The van der Waals surface area contributed by atoms with Gasteiger partial charge in [-0.2, -0.15) is 0 Å². The molecule has 2 atom stereocenters. The molecule has 0 radical (unpaired) electrons. The number of hydrogen-bond acceptors (Lipinski definition) is 5. The molecule has 1 fully saturated rings. The van der Waals surface area contributed by atoms with Crippen LogP contribution in [0.15, 0.2) is 29.2 Å². The zero-order valence-corrected chi connectivity index (χ0v) is 17.2. The van der Waals surface area contributed by atoms with Crippen LogP contribution in [0.4, 0.5) is 0 Å². The topological polar surface area (TPSA) is 75.7 Å². The highest BCUT2D eigenvalue weighted by atomic mass is 32.2. The zero-order chi connectivity index (χ0) is 19.2. The van der Waals surface area contributed by atoms with E-state index in [1.807, 2.05) is 36.1 Å². The molecule has 1 aliphatic rings. The summed E-state index contributed by atoms with van der Waals surface area (Å²) in [5.41, 5.74) is 0. The summed E-state index contributed by atoms with van der Waals surface area (Å²) in [4.78, 5) is 15.9. The van der Waals surface area contributed by atoms with Crippen molar-refractivity contribution in [3.8, 4) is 5.75 Å². The van der Waals surface area contributed by atoms with Crippen LogP contribution < -0.4 is 9.46 Å². The van der Waals surface area contributed by atoms with Gasteiger partial charge in [0.05, 0.1) is 18.6 Å². The van der Waals surface area contributed by atoms with E-state index in [4.69, 9.17) is 4.74 Å². The number of amides is 1. The summed E-state index contributed by atoms with van der Waals surface area (Å²) >= 11 is 1.54. The van der Waals surface area contributed by atoms with Gasteiger partial charge in [0.2, 0.25) is 15.9 Å². The van der Waals surface area contributed by atoms with Crippen LogP contribution in [-0.4, -0.2) is 57.0 Å². The molecule has 1 aromatic rings. The highest BCUT2D eigenvalue weighted by Crippen LogP contribution is 2.29. The van der Waals surface area contributed by atoms with Gasteiger partial charge in [-0.25, -0.2) is 13.1 Å². The first-order chi connectivity index (χ1) is 12.3. The summed E-state index contributed by atoms with van der Waals surface area (Å²) in [5.74, 6) is 0.915. The van der Waals surface area contributed by atoms with Gasteiger partial charge in [0.1, 0.15) is 5.75 Å². The number of hydrogen-bond donors (Lipinski definition) is 1. The molecule has 1 aliphatic heterocycles. The van der Waals surface area contributed by atoms with Gasteiger partial charge in [-0.15, -0.1) is 11.8 Å². The SMILES string of the molecule is COc1ccc(S[C@@H](C)C(=O)N2CCCC[C@H]2CCNS(C)(=O)=O)cc1. The third kappa shape index (κ3) is 6.48. The predicted octanol–water partition coefficient (Wildman–Crippen LogP) is 2.50. The fraction of sp³-hybridized carbons (Fsp3) is 0.611. The number of nitrogens with zero attached hydrogens (tertiary/aromatic N) is 1. The molecule has 0 bridgehead atoms. The number of thioether (sulfide) groups is 1. The Morgan fingerprint density at radius 3 is 2.65 bits per heavy atom. The first-order valence-corrected chi connectivity index (χ1v) is 11.6. The second-order valence-electron chi connectivity index (χ2n) is 6.57. The van der Waals surface area contributed by atoms with Gasteiger partial charge < -0.3 is 9.64 Å². The van der Waals surface area contributed by atoms with Crippen molar-refractivity contribution in [2.24, 2.45) is 0 Å². The maximum Gasteiger partial charge on any atom is 0.236 e. The van der Waals surface area contributed by atoms with E-state index < -0.39 is 10.0 Å². The highest BCUT2D eigenvalue weighted by Gasteiger charge is 2.29. The summed E-state index contributed by atoms with van der Waals surface area (Å²) in [6.07, 6.45) is 4.81. The van der Waals surface area contributed by atoms with Crippen molar-refractivity contribution in [3.63, 3.8) is 0 Å². The van der Waals surface area contributed by atoms with E-state index in [2.05, 4.69) is 4.72 Å². The summed E-state index contributed by atoms with van der Waals surface area (Å²) in [6, 6.07) is 7.79. The molecule has 146 valence electrons. The van der Waals surface area contributed by atoms with Gasteiger partial charge in [0, 0.05) is 24.0 Å². The minimum atomic E-state index is -3.19. The second-order valence-corrected chi connectivity index (χ2v) is 9.82. The van der Waals surface area contributed by atoms with Crippen molar-refractivity contribution >= 4 is 27.7 Å². The third-order valence-electron chi connectivity index (χ3n) is 4.47. The summed E-state index contributed by atoms with van der Waals surface area (Å²) in [7, 11) is -1.56. The molecule has 1 saturated heterocycles. The number of ether oxygens (including phenoxy) is 1. The number of carbonyl (C=O) groups excluding carboxylic acids is 1. The van der Waals surface area contributed by atoms with Crippen molar-refractivity contribution in [2.45, 2.75) is 48.8 Å². The van der Waals surface area contributed by atoms with Gasteiger partial charge in [0.25, 0.3) is 0 Å². The fourth-order valence-electron chi connectivity index (χ4n) is 3.14. The number of carbonyl (C=O) groups is 1. The first-order valence-electron chi connectivity index (χ1n) is 8.86. The molecule has 6 nitrogen and oxygen atoms in total. The monoisotopic (exact) mass is 400 g/mol. The number of likely N-dealkylation sites (tertiary alicyclic amines) is 1. The molecule has 1 aromatic carbocycles. The van der Waals surface area contributed by atoms with Gasteiger partial charge >= 0.3 is 0 Å². The number of nitrogens with one attached hydrogen (secondary N) is 1. The average Bonchev–Trinajstić information content (AvgIpc) is 2.61. The number of methoxy groups -OCH3 is 1. The average molecular weight is 401 g/mol. The molecule has 1 amide bonds. The van der Waals surface area contributed by atoms with Crippen LogP contribution in [0.3, 0.4) is 0 Å². The zero-order valence-electron chi connectivity index (χ0n) is 15.6. The Morgan fingerprint density at radius 1 is 1.35 bits per heavy atom. The second kappa shape index (κ2) is 9.62. The normalized spacial score (nSPS) is 19.2. The number of piperidine rings is 1. The van der Waals surface area contributed by atoms with E-state index in [1.54, 1.807) is 7.11 Å². The maximum atomic E-state index is 12.9. The van der Waals surface area contributed by atoms with E-state index in [1.165, 1.54) is 11.8 Å². The lowest BCUT2D eigenvalue weighted by Crippen LogP contribution is -2.48. The van der Waals surface area contributed by atoms with Crippen LogP contribution in [0.25, 0.3) is 0 Å². The van der Waals surface area contributed by atoms with Crippen LogP contribution >= 0.6 is 11.8 Å². The van der Waals surface area contributed by atoms with Crippen molar-refractivity contribution in [1.82, 2.24) is 9.62 Å². The molecule has 2 rings (SSSR count).